The molecule has 1 aliphatic carbocycles. The maximum absolute atomic E-state index is 13.1. The van der Waals surface area contributed by atoms with E-state index in [9.17, 15) is 29.7 Å². The van der Waals surface area contributed by atoms with E-state index < -0.39 is 54.7 Å². The highest BCUT2D eigenvalue weighted by atomic mass is 16.6. The van der Waals surface area contributed by atoms with Gasteiger partial charge < -0.3 is 53.2 Å². The molecule has 0 radical (unpaired) electrons. The van der Waals surface area contributed by atoms with Gasteiger partial charge in [0.1, 0.15) is 18.3 Å². The van der Waals surface area contributed by atoms with Crippen LogP contribution in [0.4, 0.5) is 0 Å². The summed E-state index contributed by atoms with van der Waals surface area (Å²) in [5.41, 5.74) is -2.66. The third-order valence-corrected chi connectivity index (χ3v) is 6.56. The largest absolute Gasteiger partial charge is 0.493 e. The minimum Gasteiger partial charge on any atom is -0.493 e. The minimum atomic E-state index is -2.50. The zero-order chi connectivity index (χ0) is 30.5. The van der Waals surface area contributed by atoms with Crippen molar-refractivity contribution >= 4 is 17.9 Å². The molecular formula is C27H32O14. The normalized spacial score (nSPS) is 21.7. The number of aliphatic carboxylic acids is 1. The van der Waals surface area contributed by atoms with Gasteiger partial charge >= 0.3 is 17.9 Å². The number of esters is 2. The van der Waals surface area contributed by atoms with Gasteiger partial charge in [0.15, 0.2) is 28.6 Å². The van der Waals surface area contributed by atoms with Crippen LogP contribution in [0, 0.1) is 0 Å². The van der Waals surface area contributed by atoms with Crippen LogP contribution in [0.15, 0.2) is 24.3 Å². The molecule has 0 saturated heterocycles. The van der Waals surface area contributed by atoms with Crippen LogP contribution >= 0.6 is 0 Å². The van der Waals surface area contributed by atoms with Crippen LogP contribution in [0.2, 0.25) is 0 Å². The summed E-state index contributed by atoms with van der Waals surface area (Å²) in [6.07, 6.45) is -6.24. The smallest absolute Gasteiger partial charge is 0.338 e. The highest BCUT2D eigenvalue weighted by Crippen LogP contribution is 2.41. The Kier molecular flexibility index (Phi) is 9.73. The molecule has 0 bridgehead atoms. The van der Waals surface area contributed by atoms with Gasteiger partial charge in [-0.15, -0.1) is 0 Å². The van der Waals surface area contributed by atoms with E-state index in [1.54, 1.807) is 0 Å². The van der Waals surface area contributed by atoms with Gasteiger partial charge in [-0.05, 0) is 24.3 Å². The van der Waals surface area contributed by atoms with Crippen molar-refractivity contribution in [3.63, 3.8) is 0 Å². The highest BCUT2D eigenvalue weighted by molar-refractivity contribution is 5.92. The molecule has 41 heavy (non-hydrogen) atoms. The van der Waals surface area contributed by atoms with Crippen molar-refractivity contribution in [2.24, 2.45) is 0 Å². The van der Waals surface area contributed by atoms with E-state index in [0.717, 1.165) is 0 Å². The number of aliphatic hydroxyl groups excluding tert-OH is 1. The Labute approximate surface area is 235 Å². The van der Waals surface area contributed by atoms with Crippen LogP contribution in [0.3, 0.4) is 0 Å². The van der Waals surface area contributed by atoms with Crippen LogP contribution in [-0.2, 0) is 14.3 Å². The molecule has 0 aliphatic heterocycles. The Morgan fingerprint density at radius 3 is 1.22 bits per heavy atom. The fraction of sp³-hybridized carbons (Fsp3) is 0.444. The number of carboxylic acid groups (broad SMARTS) is 1. The number of carbonyl (C=O) groups excluding carboxylic acids is 2. The van der Waals surface area contributed by atoms with E-state index in [4.69, 9.17) is 37.9 Å². The van der Waals surface area contributed by atoms with E-state index >= 15 is 0 Å². The summed E-state index contributed by atoms with van der Waals surface area (Å²) in [4.78, 5) is 38.1. The molecule has 0 amide bonds. The maximum Gasteiger partial charge on any atom is 0.338 e. The number of carboxylic acids is 1. The van der Waals surface area contributed by atoms with Crippen molar-refractivity contribution in [1.82, 2.24) is 0 Å². The summed E-state index contributed by atoms with van der Waals surface area (Å²) in [7, 11) is 8.13. The van der Waals surface area contributed by atoms with Crippen molar-refractivity contribution in [3.8, 4) is 34.5 Å². The van der Waals surface area contributed by atoms with Crippen LogP contribution in [0.25, 0.3) is 0 Å². The van der Waals surface area contributed by atoms with E-state index in [0.29, 0.717) is 0 Å². The lowest BCUT2D eigenvalue weighted by Gasteiger charge is -2.40. The molecule has 3 rings (SSSR count). The first kappa shape index (κ1) is 31.1. The van der Waals surface area contributed by atoms with Crippen LogP contribution in [0.5, 0.6) is 34.5 Å². The van der Waals surface area contributed by atoms with Gasteiger partial charge in [-0.2, -0.15) is 0 Å². The SMILES string of the molecule is COc1cc(C(=O)O[C@@H]2CC(O)(C(=O)O)C[C@@H](OC(=O)c3cc(OC)c(OC)c(OC)c3)C2O)cc(OC)c1OC. The monoisotopic (exact) mass is 580 g/mol. The summed E-state index contributed by atoms with van der Waals surface area (Å²) >= 11 is 0. The second-order valence-corrected chi connectivity index (χ2v) is 8.95. The van der Waals surface area contributed by atoms with Gasteiger partial charge in [0.05, 0.1) is 53.8 Å². The second-order valence-electron chi connectivity index (χ2n) is 8.95. The number of hydrogen-bond donors (Lipinski definition) is 3. The second kappa shape index (κ2) is 12.8. The molecule has 0 spiro atoms. The van der Waals surface area contributed by atoms with Crippen molar-refractivity contribution in [1.29, 1.82) is 0 Å². The molecule has 0 heterocycles. The zero-order valence-corrected chi connectivity index (χ0v) is 23.3. The van der Waals surface area contributed by atoms with Crippen molar-refractivity contribution in [2.45, 2.75) is 36.8 Å². The molecule has 14 heteroatoms. The fourth-order valence-corrected chi connectivity index (χ4v) is 4.44. The van der Waals surface area contributed by atoms with Crippen LogP contribution in [0.1, 0.15) is 33.6 Å². The summed E-state index contributed by atoms with van der Waals surface area (Å²) in [5.74, 6) is -2.68. The summed E-state index contributed by atoms with van der Waals surface area (Å²) in [6, 6.07) is 5.18. The maximum atomic E-state index is 13.1. The predicted octanol–water partition coefficient (Wildman–Crippen LogP) is 1.46. The number of aliphatic hydroxyl groups is 2. The Morgan fingerprint density at radius 1 is 0.659 bits per heavy atom. The molecular weight excluding hydrogens is 548 g/mol. The van der Waals surface area contributed by atoms with E-state index in [2.05, 4.69) is 0 Å². The van der Waals surface area contributed by atoms with Gasteiger partial charge in [0.2, 0.25) is 11.5 Å². The lowest BCUT2D eigenvalue weighted by Crippen LogP contribution is -2.58. The molecule has 224 valence electrons. The number of carbonyl (C=O) groups is 3. The van der Waals surface area contributed by atoms with E-state index in [1.807, 2.05) is 0 Å². The summed E-state index contributed by atoms with van der Waals surface area (Å²) in [6.45, 7) is 0. The molecule has 1 fully saturated rings. The Morgan fingerprint density at radius 2 is 0.976 bits per heavy atom. The average Bonchev–Trinajstić information content (AvgIpc) is 2.97. The number of ether oxygens (including phenoxy) is 8. The standard InChI is InChI=1S/C27H32O14/c1-34-15-7-13(8-16(35-2)22(15)38-5)24(29)40-19-11-27(33,26(31)32)12-20(21(19)28)41-25(30)14-9-17(36-3)23(39-6)18(10-14)37-4/h7-10,19-21,28,33H,11-12H2,1-6H3,(H,31,32)/t19-,20-,21?,27?/m1/s1. The van der Waals surface area contributed by atoms with E-state index in [1.165, 1.54) is 66.9 Å². The lowest BCUT2D eigenvalue weighted by atomic mass is 9.79. The third-order valence-electron chi connectivity index (χ3n) is 6.56. The first-order chi connectivity index (χ1) is 19.5. The Hall–Kier alpha value is -4.43. The molecule has 0 aromatic heterocycles. The number of benzene rings is 2. The predicted molar refractivity (Wildman–Crippen MR) is 138 cm³/mol. The van der Waals surface area contributed by atoms with Gasteiger partial charge in [-0.1, -0.05) is 0 Å². The van der Waals surface area contributed by atoms with Gasteiger partial charge in [0.25, 0.3) is 0 Å². The molecule has 14 nitrogen and oxygen atoms in total. The molecule has 2 aromatic rings. The molecule has 3 N–H and O–H groups in total. The minimum absolute atomic E-state index is 0.0814. The quantitative estimate of drug-likeness (QED) is 0.324. The molecule has 2 aromatic carbocycles. The van der Waals surface area contributed by atoms with Crippen molar-refractivity contribution in [3.05, 3.63) is 35.4 Å². The van der Waals surface area contributed by atoms with Crippen molar-refractivity contribution < 1.29 is 67.6 Å². The zero-order valence-electron chi connectivity index (χ0n) is 23.3. The van der Waals surface area contributed by atoms with Gasteiger partial charge in [0, 0.05) is 12.8 Å². The van der Waals surface area contributed by atoms with Crippen LogP contribution in [-0.4, -0.2) is 99.8 Å². The first-order valence-corrected chi connectivity index (χ1v) is 12.1. The third kappa shape index (κ3) is 6.33. The first-order valence-electron chi connectivity index (χ1n) is 12.1. The van der Waals surface area contributed by atoms with Crippen LogP contribution < -0.4 is 28.4 Å². The number of methoxy groups -OCH3 is 6. The lowest BCUT2D eigenvalue weighted by molar-refractivity contribution is -0.187. The molecule has 1 aliphatic rings. The van der Waals surface area contributed by atoms with E-state index in [-0.39, 0.29) is 45.6 Å². The Bertz CT molecular complexity index is 1150. The Balaban J connectivity index is 1.91. The molecule has 0 unspecified atom stereocenters. The molecule has 1 saturated carbocycles. The topological polar surface area (TPSA) is 186 Å². The van der Waals surface area contributed by atoms with Gasteiger partial charge in [-0.3, -0.25) is 0 Å². The molecule has 2 atom stereocenters. The number of hydrogen-bond acceptors (Lipinski definition) is 13. The summed E-state index contributed by atoms with van der Waals surface area (Å²) < 4.78 is 42.2. The van der Waals surface area contributed by atoms with Crippen molar-refractivity contribution in [2.75, 3.05) is 42.7 Å². The summed E-state index contributed by atoms with van der Waals surface area (Å²) in [5, 5.41) is 31.5. The fourth-order valence-electron chi connectivity index (χ4n) is 4.44. The average molecular weight is 581 g/mol. The number of rotatable bonds is 11. The van der Waals surface area contributed by atoms with Gasteiger partial charge in [-0.25, -0.2) is 14.4 Å². The highest BCUT2D eigenvalue weighted by Gasteiger charge is 2.52.